The number of methoxy groups -OCH3 is 1. The lowest BCUT2D eigenvalue weighted by Crippen LogP contribution is -2.12. The van der Waals surface area contributed by atoms with Crippen LogP contribution in [0.3, 0.4) is 0 Å². The molecule has 0 fully saturated rings. The Morgan fingerprint density at radius 1 is 1.15 bits per heavy atom. The summed E-state index contributed by atoms with van der Waals surface area (Å²) >= 11 is 0.984. The highest BCUT2D eigenvalue weighted by Crippen LogP contribution is 2.24. The van der Waals surface area contributed by atoms with E-state index in [0.717, 1.165) is 22.5 Å². The zero-order chi connectivity index (χ0) is 19.2. The molecule has 1 atom stereocenters. The minimum Gasteiger partial charge on any atom is -0.497 e. The molecule has 0 saturated carbocycles. The highest BCUT2D eigenvalue weighted by Gasteiger charge is 2.14. The summed E-state index contributed by atoms with van der Waals surface area (Å²) in [6.45, 7) is 0.114. The van der Waals surface area contributed by atoms with Crippen molar-refractivity contribution in [1.29, 1.82) is 0 Å². The van der Waals surface area contributed by atoms with Crippen molar-refractivity contribution in [3.8, 4) is 17.4 Å². The monoisotopic (exact) mass is 389 g/mol. The zero-order valence-electron chi connectivity index (χ0n) is 14.5. The van der Waals surface area contributed by atoms with Crippen LogP contribution in [-0.4, -0.2) is 29.1 Å². The van der Waals surface area contributed by atoms with Crippen molar-refractivity contribution >= 4 is 11.3 Å². The number of H-pyrrole nitrogens is 1. The molecule has 0 bridgehead atoms. The number of thiazole rings is 1. The first-order valence-corrected chi connectivity index (χ1v) is 8.97. The van der Waals surface area contributed by atoms with Crippen LogP contribution in [0.4, 0.5) is 0 Å². The second-order valence-electron chi connectivity index (χ2n) is 5.79. The van der Waals surface area contributed by atoms with Crippen LogP contribution < -0.4 is 14.3 Å². The first kappa shape index (κ1) is 19.0. The first-order valence-electron chi connectivity index (χ1n) is 8.16. The molecule has 0 aliphatic heterocycles. The molecule has 1 heterocycles. The number of aromatic hydroxyl groups is 1. The molecule has 0 radical (unpaired) electrons. The smallest absolute Gasteiger partial charge is 0.307 e. The van der Waals surface area contributed by atoms with Gasteiger partial charge in [-0.1, -0.05) is 35.6 Å². The molecule has 3 rings (SSSR count). The van der Waals surface area contributed by atoms with Crippen LogP contribution >= 0.6 is 11.3 Å². The van der Waals surface area contributed by atoms with Gasteiger partial charge in [0.2, 0.25) is 5.88 Å². The Hall–Kier alpha value is -2.81. The topological polar surface area (TPSA) is 101 Å². The summed E-state index contributed by atoms with van der Waals surface area (Å²) in [5, 5.41) is 18.8. The zero-order valence-corrected chi connectivity index (χ0v) is 15.4. The van der Waals surface area contributed by atoms with Crippen molar-refractivity contribution in [2.45, 2.75) is 12.5 Å². The molecule has 142 valence electrons. The van der Waals surface area contributed by atoms with E-state index in [1.165, 1.54) is 0 Å². The van der Waals surface area contributed by atoms with Crippen molar-refractivity contribution in [1.82, 2.24) is 4.98 Å². The van der Waals surface area contributed by atoms with E-state index in [9.17, 15) is 15.2 Å². The molecule has 27 heavy (non-hydrogen) atoms. The van der Waals surface area contributed by atoms with Gasteiger partial charge in [-0.05, 0) is 35.4 Å². The van der Waals surface area contributed by atoms with Gasteiger partial charge < -0.3 is 14.6 Å². The predicted molar refractivity (Wildman–Crippen MR) is 101 cm³/mol. The minimum atomic E-state index is -0.658. The summed E-state index contributed by atoms with van der Waals surface area (Å²) in [6.07, 6.45) is -0.212. The van der Waals surface area contributed by atoms with E-state index in [1.54, 1.807) is 37.4 Å². The maximum absolute atomic E-state index is 11.2. The summed E-state index contributed by atoms with van der Waals surface area (Å²) in [7, 11) is 1.57. The lowest BCUT2D eigenvalue weighted by molar-refractivity contribution is -0.286. The highest BCUT2D eigenvalue weighted by atomic mass is 32.1. The van der Waals surface area contributed by atoms with E-state index in [0.29, 0.717) is 22.8 Å². The molecule has 0 saturated heterocycles. The maximum Gasteiger partial charge on any atom is 0.307 e. The third-order valence-corrected chi connectivity index (χ3v) is 4.85. The Morgan fingerprint density at radius 2 is 1.93 bits per heavy atom. The van der Waals surface area contributed by atoms with Gasteiger partial charge in [-0.25, -0.2) is 4.89 Å². The Balaban J connectivity index is 1.61. The molecule has 7 nitrogen and oxygen atoms in total. The lowest BCUT2D eigenvalue weighted by Gasteiger charge is -2.16. The fourth-order valence-corrected chi connectivity index (χ4v) is 3.32. The summed E-state index contributed by atoms with van der Waals surface area (Å²) in [5.41, 5.74) is 1.65. The largest absolute Gasteiger partial charge is 0.497 e. The molecule has 0 aliphatic carbocycles. The molecule has 0 aliphatic rings. The van der Waals surface area contributed by atoms with Crippen LogP contribution in [-0.2, 0) is 11.3 Å². The van der Waals surface area contributed by atoms with Crippen LogP contribution in [0.15, 0.2) is 53.3 Å². The Morgan fingerprint density at radius 3 is 2.56 bits per heavy atom. The van der Waals surface area contributed by atoms with Crippen molar-refractivity contribution in [3.05, 3.63) is 74.2 Å². The summed E-state index contributed by atoms with van der Waals surface area (Å²) in [4.78, 5) is 18.4. The van der Waals surface area contributed by atoms with Crippen LogP contribution in [0.5, 0.6) is 17.4 Å². The van der Waals surface area contributed by atoms with Gasteiger partial charge in [-0.3, -0.25) is 15.0 Å². The Kier molecular flexibility index (Phi) is 6.12. The Bertz CT molecular complexity index is 934. The average molecular weight is 389 g/mol. The summed E-state index contributed by atoms with van der Waals surface area (Å²) in [6, 6.07) is 14.4. The molecule has 0 spiro atoms. The summed E-state index contributed by atoms with van der Waals surface area (Å²) in [5.74, 6) is 1.18. The normalized spacial score (nSPS) is 11.9. The first-order chi connectivity index (χ1) is 13.1. The van der Waals surface area contributed by atoms with Gasteiger partial charge in [-0.15, -0.1) is 0 Å². The van der Waals surface area contributed by atoms with Crippen LogP contribution in [0.25, 0.3) is 0 Å². The number of hydrogen-bond donors (Lipinski definition) is 3. The highest BCUT2D eigenvalue weighted by molar-refractivity contribution is 7.09. The van der Waals surface area contributed by atoms with E-state index in [4.69, 9.17) is 9.47 Å². The van der Waals surface area contributed by atoms with Crippen molar-refractivity contribution in [2.24, 2.45) is 0 Å². The number of aromatic nitrogens is 1. The second kappa shape index (κ2) is 8.72. The van der Waals surface area contributed by atoms with Gasteiger partial charge in [0.1, 0.15) is 18.1 Å². The van der Waals surface area contributed by atoms with E-state index in [-0.39, 0.29) is 17.4 Å². The maximum atomic E-state index is 11.2. The molecule has 1 aromatic heterocycles. The van der Waals surface area contributed by atoms with Gasteiger partial charge in [0.25, 0.3) is 0 Å². The Labute approximate surface area is 159 Å². The summed E-state index contributed by atoms with van der Waals surface area (Å²) < 4.78 is 10.9. The quantitative estimate of drug-likeness (QED) is 0.403. The predicted octanol–water partition coefficient (Wildman–Crippen LogP) is 3.35. The molecular formula is C19H19NO6S. The van der Waals surface area contributed by atoms with Crippen molar-refractivity contribution in [2.75, 3.05) is 13.7 Å². The lowest BCUT2D eigenvalue weighted by atomic mass is 10.1. The van der Waals surface area contributed by atoms with E-state index >= 15 is 0 Å². The van der Waals surface area contributed by atoms with Gasteiger partial charge >= 0.3 is 4.87 Å². The third-order valence-electron chi connectivity index (χ3n) is 3.98. The van der Waals surface area contributed by atoms with Gasteiger partial charge in [0, 0.05) is 6.42 Å². The second-order valence-corrected chi connectivity index (χ2v) is 6.86. The van der Waals surface area contributed by atoms with Gasteiger partial charge in [0.15, 0.2) is 6.10 Å². The minimum absolute atomic E-state index is 0.0912. The SMILES string of the molecule is COc1cccc(C(COc2ccc(Cc3sc(=O)[nH]c3O)cc2)OO)c1. The van der Waals surface area contributed by atoms with E-state index < -0.39 is 6.10 Å². The number of ether oxygens (including phenoxy) is 2. The van der Waals surface area contributed by atoms with Crippen LogP contribution in [0.2, 0.25) is 0 Å². The molecule has 3 N–H and O–H groups in total. The van der Waals surface area contributed by atoms with Crippen LogP contribution in [0.1, 0.15) is 22.1 Å². The molecule has 1 unspecified atom stereocenters. The number of rotatable bonds is 8. The van der Waals surface area contributed by atoms with Crippen molar-refractivity contribution < 1.29 is 24.7 Å². The molecule has 2 aromatic carbocycles. The van der Waals surface area contributed by atoms with Crippen molar-refractivity contribution in [3.63, 3.8) is 0 Å². The van der Waals surface area contributed by atoms with E-state index in [2.05, 4.69) is 9.87 Å². The van der Waals surface area contributed by atoms with Crippen LogP contribution in [0, 0.1) is 0 Å². The molecular weight excluding hydrogens is 370 g/mol. The van der Waals surface area contributed by atoms with Gasteiger partial charge in [-0.2, -0.15) is 0 Å². The fraction of sp³-hybridized carbons (Fsp3) is 0.211. The number of hydrogen-bond acceptors (Lipinski definition) is 7. The number of nitrogens with one attached hydrogen (secondary N) is 1. The fourth-order valence-electron chi connectivity index (χ4n) is 2.56. The molecule has 8 heteroatoms. The number of benzene rings is 2. The number of aromatic amines is 1. The van der Waals surface area contributed by atoms with E-state index in [1.807, 2.05) is 18.2 Å². The molecule has 3 aromatic rings. The molecule has 0 amide bonds. The van der Waals surface area contributed by atoms with Gasteiger partial charge in [0.05, 0.1) is 12.0 Å². The average Bonchev–Trinajstić information content (AvgIpc) is 3.00. The third kappa shape index (κ3) is 4.88. The standard InChI is InChI=1S/C19H19NO6S/c1-24-15-4-2-3-13(10-15)16(26-23)11-25-14-7-5-12(6-8-14)9-17-18(21)20-19(22)27-17/h2-8,10,16,21,23H,9,11H2,1H3,(H,20,22).